The van der Waals surface area contributed by atoms with Gasteiger partial charge < -0.3 is 5.32 Å². The van der Waals surface area contributed by atoms with Crippen LogP contribution < -0.4 is 5.32 Å². The third-order valence-electron chi connectivity index (χ3n) is 5.80. The molecule has 8 heteroatoms. The Hall–Kier alpha value is -2.97. The summed E-state index contributed by atoms with van der Waals surface area (Å²) < 4.78 is 28.1. The van der Waals surface area contributed by atoms with Gasteiger partial charge >= 0.3 is 0 Å². The van der Waals surface area contributed by atoms with Crippen molar-refractivity contribution in [2.24, 2.45) is 0 Å². The molecule has 3 aromatic rings. The molecular formula is C25H30N4O3S. The van der Waals surface area contributed by atoms with Gasteiger partial charge in [-0.2, -0.15) is 5.10 Å². The van der Waals surface area contributed by atoms with Crippen LogP contribution in [-0.2, 0) is 21.4 Å². The first-order chi connectivity index (χ1) is 15.9. The minimum absolute atomic E-state index is 0.00175. The number of rotatable bonds is 9. The van der Waals surface area contributed by atoms with Crippen LogP contribution >= 0.6 is 0 Å². The van der Waals surface area contributed by atoms with Crippen molar-refractivity contribution in [2.45, 2.75) is 39.2 Å². The molecule has 0 atom stereocenters. The second-order valence-electron chi connectivity index (χ2n) is 8.50. The largest absolute Gasteiger partial charge is 0.311 e. The highest BCUT2D eigenvalue weighted by Crippen LogP contribution is 2.24. The van der Waals surface area contributed by atoms with E-state index in [1.807, 2.05) is 61.5 Å². The first-order valence-electron chi connectivity index (χ1n) is 11.4. The molecule has 33 heavy (non-hydrogen) atoms. The van der Waals surface area contributed by atoms with Gasteiger partial charge in [0.1, 0.15) is 5.82 Å². The van der Waals surface area contributed by atoms with E-state index < -0.39 is 10.0 Å². The fraction of sp³-hybridized carbons (Fsp3) is 0.360. The summed E-state index contributed by atoms with van der Waals surface area (Å²) in [5.74, 6) is 0.387. The Morgan fingerprint density at radius 3 is 2.52 bits per heavy atom. The van der Waals surface area contributed by atoms with E-state index in [9.17, 15) is 13.2 Å². The van der Waals surface area contributed by atoms with Crippen molar-refractivity contribution in [2.75, 3.05) is 24.2 Å². The third-order valence-corrected chi connectivity index (χ3v) is 7.76. The van der Waals surface area contributed by atoms with Crippen LogP contribution in [-0.4, -0.2) is 47.3 Å². The highest BCUT2D eigenvalue weighted by atomic mass is 32.2. The third kappa shape index (κ3) is 6.09. The molecule has 1 fully saturated rings. The summed E-state index contributed by atoms with van der Waals surface area (Å²) >= 11 is 0. The number of nitrogens with zero attached hydrogens (tertiary/aromatic N) is 3. The van der Waals surface area contributed by atoms with Gasteiger partial charge in [0.05, 0.1) is 18.0 Å². The van der Waals surface area contributed by atoms with Crippen molar-refractivity contribution in [3.8, 4) is 11.3 Å². The minimum atomic E-state index is -3.28. The van der Waals surface area contributed by atoms with Gasteiger partial charge in [0.2, 0.25) is 15.9 Å². The Morgan fingerprint density at radius 2 is 1.79 bits per heavy atom. The van der Waals surface area contributed by atoms with E-state index in [1.165, 1.54) is 4.31 Å². The van der Waals surface area contributed by atoms with Gasteiger partial charge in [-0.3, -0.25) is 4.79 Å². The second kappa shape index (κ2) is 10.3. The first-order valence-corrected chi connectivity index (χ1v) is 13.0. The lowest BCUT2D eigenvalue weighted by atomic mass is 10.1. The molecular weight excluding hydrogens is 436 g/mol. The molecule has 0 spiro atoms. The van der Waals surface area contributed by atoms with Gasteiger partial charge in [-0.25, -0.2) is 17.4 Å². The Balaban J connectivity index is 1.46. The second-order valence-corrected chi connectivity index (χ2v) is 10.6. The van der Waals surface area contributed by atoms with E-state index in [2.05, 4.69) is 11.4 Å². The van der Waals surface area contributed by atoms with Crippen LogP contribution in [0.25, 0.3) is 11.3 Å². The molecule has 0 saturated carbocycles. The lowest BCUT2D eigenvalue weighted by Gasteiger charge is -2.15. The van der Waals surface area contributed by atoms with Crippen molar-refractivity contribution in [3.05, 3.63) is 71.8 Å². The van der Waals surface area contributed by atoms with Gasteiger partial charge in [-0.05, 0) is 37.8 Å². The molecule has 2 aromatic carbocycles. The SMILES string of the molecule is Cc1cccc(-c2cc(NC(=O)CCCS(=O)(=O)N3CCCC3)n(Cc3ccccc3)n2)c1. The summed E-state index contributed by atoms with van der Waals surface area (Å²) in [7, 11) is -3.28. The molecule has 7 nitrogen and oxygen atoms in total. The Labute approximate surface area is 195 Å². The van der Waals surface area contributed by atoms with Gasteiger partial charge in [-0.1, -0.05) is 54.1 Å². The zero-order valence-electron chi connectivity index (χ0n) is 18.9. The van der Waals surface area contributed by atoms with Crippen molar-refractivity contribution in [1.29, 1.82) is 0 Å². The van der Waals surface area contributed by atoms with Crippen LogP contribution in [0.2, 0.25) is 0 Å². The number of hydrogen-bond donors (Lipinski definition) is 1. The average Bonchev–Trinajstić information content (AvgIpc) is 3.46. The maximum Gasteiger partial charge on any atom is 0.225 e. The topological polar surface area (TPSA) is 84.3 Å². The molecule has 1 amide bonds. The number of aryl methyl sites for hydroxylation is 1. The molecule has 1 aliphatic rings. The van der Waals surface area contributed by atoms with Gasteiger partial charge in [0.15, 0.2) is 0 Å². The predicted molar refractivity (Wildman–Crippen MR) is 130 cm³/mol. The summed E-state index contributed by atoms with van der Waals surface area (Å²) in [6, 6.07) is 19.9. The highest BCUT2D eigenvalue weighted by Gasteiger charge is 2.25. The summed E-state index contributed by atoms with van der Waals surface area (Å²) in [5.41, 5.74) is 3.97. The number of sulfonamides is 1. The average molecular weight is 467 g/mol. The zero-order chi connectivity index (χ0) is 23.3. The van der Waals surface area contributed by atoms with E-state index in [0.29, 0.717) is 31.9 Å². The number of anilines is 1. The van der Waals surface area contributed by atoms with E-state index in [4.69, 9.17) is 5.10 Å². The Kier molecular flexibility index (Phi) is 7.25. The van der Waals surface area contributed by atoms with Crippen molar-refractivity contribution in [1.82, 2.24) is 14.1 Å². The summed E-state index contributed by atoms with van der Waals surface area (Å²) in [5, 5.41) is 7.69. The number of hydrogen-bond acceptors (Lipinski definition) is 4. The van der Waals surface area contributed by atoms with Crippen molar-refractivity contribution < 1.29 is 13.2 Å². The molecule has 0 aliphatic carbocycles. The molecule has 1 N–H and O–H groups in total. The first kappa shape index (κ1) is 23.2. The fourth-order valence-corrected chi connectivity index (χ4v) is 5.64. The lowest BCUT2D eigenvalue weighted by Crippen LogP contribution is -2.30. The van der Waals surface area contributed by atoms with Gasteiger partial charge in [0.25, 0.3) is 0 Å². The Morgan fingerprint density at radius 1 is 1.03 bits per heavy atom. The summed E-state index contributed by atoms with van der Waals surface area (Å²) in [6.07, 6.45) is 2.26. The van der Waals surface area contributed by atoms with Crippen LogP contribution in [0.4, 0.5) is 5.82 Å². The van der Waals surface area contributed by atoms with Gasteiger partial charge in [0, 0.05) is 31.1 Å². The molecule has 174 valence electrons. The molecule has 4 rings (SSSR count). The van der Waals surface area contributed by atoms with Crippen LogP contribution in [0, 0.1) is 6.92 Å². The maximum absolute atomic E-state index is 12.7. The zero-order valence-corrected chi connectivity index (χ0v) is 19.7. The number of carbonyl (C=O) groups excluding carboxylic acids is 1. The highest BCUT2D eigenvalue weighted by molar-refractivity contribution is 7.89. The van der Waals surface area contributed by atoms with E-state index in [-0.39, 0.29) is 18.1 Å². The van der Waals surface area contributed by atoms with E-state index in [1.54, 1.807) is 4.68 Å². The number of amides is 1. The minimum Gasteiger partial charge on any atom is -0.311 e. The summed E-state index contributed by atoms with van der Waals surface area (Å²) in [6.45, 7) is 3.73. The van der Waals surface area contributed by atoms with Crippen LogP contribution in [0.1, 0.15) is 36.8 Å². The quantitative estimate of drug-likeness (QED) is 0.516. The van der Waals surface area contributed by atoms with Crippen LogP contribution in [0.15, 0.2) is 60.7 Å². The molecule has 0 radical (unpaired) electrons. The number of carbonyl (C=O) groups is 1. The normalized spacial score (nSPS) is 14.5. The maximum atomic E-state index is 12.7. The van der Waals surface area contributed by atoms with Gasteiger partial charge in [-0.15, -0.1) is 0 Å². The molecule has 2 heterocycles. The molecule has 1 saturated heterocycles. The number of aromatic nitrogens is 2. The van der Waals surface area contributed by atoms with Crippen LogP contribution in [0.5, 0.6) is 0 Å². The van der Waals surface area contributed by atoms with Crippen molar-refractivity contribution >= 4 is 21.7 Å². The molecule has 1 aromatic heterocycles. The molecule has 0 bridgehead atoms. The molecule has 0 unspecified atom stereocenters. The standard InChI is InChI=1S/C25H30N4O3S/c1-20-9-7-12-22(17-20)23-18-24(29(27-23)19-21-10-3-2-4-11-21)26-25(30)13-8-16-33(31,32)28-14-5-6-15-28/h2-4,7,9-12,17-18H,5-6,8,13-16,19H2,1H3,(H,26,30). The van der Waals surface area contributed by atoms with E-state index >= 15 is 0 Å². The number of benzene rings is 2. The predicted octanol–water partition coefficient (Wildman–Crippen LogP) is 4.05. The van der Waals surface area contributed by atoms with Crippen LogP contribution in [0.3, 0.4) is 0 Å². The smallest absolute Gasteiger partial charge is 0.225 e. The monoisotopic (exact) mass is 466 g/mol. The van der Waals surface area contributed by atoms with E-state index in [0.717, 1.165) is 35.2 Å². The summed E-state index contributed by atoms with van der Waals surface area (Å²) in [4.78, 5) is 12.7. The molecule has 1 aliphatic heterocycles. The Bertz CT molecular complexity index is 1200. The fourth-order valence-electron chi connectivity index (χ4n) is 4.06. The number of nitrogens with one attached hydrogen (secondary N) is 1. The lowest BCUT2D eigenvalue weighted by molar-refractivity contribution is -0.116. The van der Waals surface area contributed by atoms with Crippen molar-refractivity contribution in [3.63, 3.8) is 0 Å².